The highest BCUT2D eigenvalue weighted by atomic mass is 19.1. The summed E-state index contributed by atoms with van der Waals surface area (Å²) in [7, 11) is 0. The van der Waals surface area contributed by atoms with Crippen molar-refractivity contribution in [2.24, 2.45) is 0 Å². The first kappa shape index (κ1) is 15.0. The number of aryl methyl sites for hydroxylation is 1. The van der Waals surface area contributed by atoms with Crippen LogP contribution in [0.1, 0.15) is 45.1 Å². The molecule has 3 heteroatoms. The molecule has 0 unspecified atom stereocenters. The summed E-state index contributed by atoms with van der Waals surface area (Å²) in [6, 6.07) is 4.91. The van der Waals surface area contributed by atoms with Crippen LogP contribution < -0.4 is 5.32 Å². The van der Waals surface area contributed by atoms with Crippen molar-refractivity contribution in [2.45, 2.75) is 52.0 Å². The molecule has 0 radical (unpaired) electrons. The summed E-state index contributed by atoms with van der Waals surface area (Å²) in [6.45, 7) is 6.13. The molecule has 0 spiro atoms. The first-order valence-electron chi connectivity index (χ1n) is 6.71. The van der Waals surface area contributed by atoms with Crippen LogP contribution in [0.3, 0.4) is 0 Å². The van der Waals surface area contributed by atoms with Gasteiger partial charge in [-0.3, -0.25) is 0 Å². The molecule has 0 fully saturated rings. The van der Waals surface area contributed by atoms with Crippen LogP contribution in [0.2, 0.25) is 0 Å². The predicted octanol–water partition coefficient (Wildman–Crippen LogP) is 3.88. The van der Waals surface area contributed by atoms with Gasteiger partial charge in [-0.25, -0.2) is 4.39 Å². The van der Waals surface area contributed by atoms with E-state index in [0.717, 1.165) is 36.9 Å². The van der Waals surface area contributed by atoms with Crippen molar-refractivity contribution in [2.75, 3.05) is 11.9 Å². The Hall–Kier alpha value is -1.09. The van der Waals surface area contributed by atoms with Crippen LogP contribution in [0.5, 0.6) is 0 Å². The van der Waals surface area contributed by atoms with Crippen molar-refractivity contribution >= 4 is 5.69 Å². The van der Waals surface area contributed by atoms with Gasteiger partial charge in [0.25, 0.3) is 0 Å². The molecule has 0 saturated heterocycles. The van der Waals surface area contributed by atoms with E-state index in [1.165, 1.54) is 12.1 Å². The van der Waals surface area contributed by atoms with Crippen molar-refractivity contribution in [1.82, 2.24) is 0 Å². The zero-order chi connectivity index (χ0) is 13.6. The lowest BCUT2D eigenvalue weighted by molar-refractivity contribution is 0.192. The number of benzene rings is 1. The zero-order valence-corrected chi connectivity index (χ0v) is 11.6. The molecule has 18 heavy (non-hydrogen) atoms. The van der Waals surface area contributed by atoms with Gasteiger partial charge in [-0.05, 0) is 43.5 Å². The Bertz CT molecular complexity index is 353. The van der Waals surface area contributed by atoms with Crippen LogP contribution in [0.4, 0.5) is 10.1 Å². The zero-order valence-electron chi connectivity index (χ0n) is 11.6. The van der Waals surface area contributed by atoms with Crippen molar-refractivity contribution in [3.8, 4) is 0 Å². The summed E-state index contributed by atoms with van der Waals surface area (Å²) in [5, 5.41) is 13.0. The lowest BCUT2D eigenvalue weighted by Crippen LogP contribution is -2.42. The van der Waals surface area contributed by atoms with Crippen LogP contribution in [-0.2, 0) is 0 Å². The van der Waals surface area contributed by atoms with E-state index in [0.29, 0.717) is 0 Å². The van der Waals surface area contributed by atoms with Crippen LogP contribution in [-0.4, -0.2) is 17.3 Å². The molecule has 0 heterocycles. The minimum atomic E-state index is -0.330. The topological polar surface area (TPSA) is 32.3 Å². The van der Waals surface area contributed by atoms with Gasteiger partial charge in [0.05, 0.1) is 12.1 Å². The van der Waals surface area contributed by atoms with Crippen LogP contribution in [0, 0.1) is 12.7 Å². The quantitative estimate of drug-likeness (QED) is 0.773. The van der Waals surface area contributed by atoms with E-state index in [4.69, 9.17) is 0 Å². The second-order valence-electron chi connectivity index (χ2n) is 5.08. The second-order valence-corrected chi connectivity index (χ2v) is 5.08. The highest BCUT2D eigenvalue weighted by molar-refractivity contribution is 5.48. The average molecular weight is 253 g/mol. The lowest BCUT2D eigenvalue weighted by Gasteiger charge is -2.34. The van der Waals surface area contributed by atoms with Gasteiger partial charge in [-0.2, -0.15) is 0 Å². The third kappa shape index (κ3) is 3.98. The molecule has 0 aliphatic rings. The molecule has 0 aliphatic heterocycles. The fourth-order valence-electron chi connectivity index (χ4n) is 2.52. The maximum atomic E-state index is 13.4. The lowest BCUT2D eigenvalue weighted by atomic mass is 9.89. The van der Waals surface area contributed by atoms with Crippen molar-refractivity contribution in [1.29, 1.82) is 0 Å². The van der Waals surface area contributed by atoms with Crippen molar-refractivity contribution < 1.29 is 9.50 Å². The molecule has 102 valence electrons. The summed E-state index contributed by atoms with van der Waals surface area (Å²) < 4.78 is 13.4. The number of rotatable bonds is 7. The molecule has 0 atom stereocenters. The minimum absolute atomic E-state index is 0.0737. The Kier molecular flexibility index (Phi) is 5.60. The highest BCUT2D eigenvalue weighted by Crippen LogP contribution is 2.26. The Morgan fingerprint density at radius 3 is 2.22 bits per heavy atom. The van der Waals surface area contributed by atoms with Gasteiger partial charge >= 0.3 is 0 Å². The maximum absolute atomic E-state index is 13.4. The fourth-order valence-corrected chi connectivity index (χ4v) is 2.52. The number of aliphatic hydroxyl groups is 1. The standard InChI is InChI=1S/C15H24FNO/c1-4-6-15(11-18,7-5-2)17-14-9-12(3)8-13(16)10-14/h8-10,17-18H,4-7,11H2,1-3H3. The Morgan fingerprint density at radius 2 is 1.78 bits per heavy atom. The Labute approximate surface area is 109 Å². The molecule has 1 aromatic rings. The molecule has 0 amide bonds. The first-order chi connectivity index (χ1) is 8.55. The highest BCUT2D eigenvalue weighted by Gasteiger charge is 2.27. The van der Waals surface area contributed by atoms with E-state index in [1.54, 1.807) is 0 Å². The van der Waals surface area contributed by atoms with E-state index in [2.05, 4.69) is 19.2 Å². The molecule has 0 aliphatic carbocycles. The van der Waals surface area contributed by atoms with Gasteiger partial charge in [-0.15, -0.1) is 0 Å². The molecule has 1 aromatic carbocycles. The largest absolute Gasteiger partial charge is 0.394 e. The van der Waals surface area contributed by atoms with Crippen LogP contribution in [0.15, 0.2) is 18.2 Å². The van der Waals surface area contributed by atoms with Crippen molar-refractivity contribution in [3.63, 3.8) is 0 Å². The average Bonchev–Trinajstić information content (AvgIpc) is 2.28. The molecular weight excluding hydrogens is 229 g/mol. The van der Waals surface area contributed by atoms with Gasteiger partial charge in [0, 0.05) is 5.69 Å². The van der Waals surface area contributed by atoms with Gasteiger partial charge in [-0.1, -0.05) is 26.7 Å². The Balaban J connectivity index is 2.93. The monoisotopic (exact) mass is 253 g/mol. The SMILES string of the molecule is CCCC(CO)(CCC)Nc1cc(C)cc(F)c1. The normalized spacial score (nSPS) is 11.6. The predicted molar refractivity (Wildman–Crippen MR) is 74.4 cm³/mol. The van der Waals surface area contributed by atoms with Crippen molar-refractivity contribution in [3.05, 3.63) is 29.6 Å². The summed E-state index contributed by atoms with van der Waals surface area (Å²) >= 11 is 0. The third-order valence-electron chi connectivity index (χ3n) is 3.21. The number of halogens is 1. The molecule has 2 nitrogen and oxygen atoms in total. The minimum Gasteiger partial charge on any atom is -0.394 e. The van der Waals surface area contributed by atoms with E-state index >= 15 is 0 Å². The van der Waals surface area contributed by atoms with Gasteiger partial charge in [0.15, 0.2) is 0 Å². The number of nitrogens with one attached hydrogen (secondary N) is 1. The van der Waals surface area contributed by atoms with Gasteiger partial charge in [0.1, 0.15) is 5.82 Å². The van der Waals surface area contributed by atoms with E-state index in [9.17, 15) is 9.50 Å². The summed E-state index contributed by atoms with van der Waals surface area (Å²) in [6.07, 6.45) is 3.74. The molecular formula is C15H24FNO. The summed E-state index contributed by atoms with van der Waals surface area (Å²) in [4.78, 5) is 0. The maximum Gasteiger partial charge on any atom is 0.125 e. The Morgan fingerprint density at radius 1 is 1.17 bits per heavy atom. The second kappa shape index (κ2) is 6.74. The molecule has 0 bridgehead atoms. The van der Waals surface area contributed by atoms with Crippen LogP contribution >= 0.6 is 0 Å². The molecule has 2 N–H and O–H groups in total. The van der Waals surface area contributed by atoms with E-state index < -0.39 is 0 Å². The van der Waals surface area contributed by atoms with Crippen LogP contribution in [0.25, 0.3) is 0 Å². The molecule has 1 rings (SSSR count). The summed E-state index contributed by atoms with van der Waals surface area (Å²) in [5.74, 6) is -0.239. The number of anilines is 1. The number of hydrogen-bond acceptors (Lipinski definition) is 2. The smallest absolute Gasteiger partial charge is 0.125 e. The molecule has 0 saturated carbocycles. The van der Waals surface area contributed by atoms with E-state index in [-0.39, 0.29) is 18.0 Å². The third-order valence-corrected chi connectivity index (χ3v) is 3.21. The molecule has 0 aromatic heterocycles. The number of aliphatic hydroxyl groups excluding tert-OH is 1. The van der Waals surface area contributed by atoms with Gasteiger partial charge < -0.3 is 10.4 Å². The summed E-state index contributed by atoms with van der Waals surface area (Å²) in [5.41, 5.74) is 1.31. The first-order valence-corrected chi connectivity index (χ1v) is 6.71. The van der Waals surface area contributed by atoms with Gasteiger partial charge in [0.2, 0.25) is 0 Å². The number of hydrogen-bond donors (Lipinski definition) is 2. The van der Waals surface area contributed by atoms with E-state index in [1.807, 2.05) is 13.0 Å². The fraction of sp³-hybridized carbons (Fsp3) is 0.600.